The van der Waals surface area contributed by atoms with Gasteiger partial charge in [0.25, 0.3) is 0 Å². The third-order valence-corrected chi connectivity index (χ3v) is 4.59. The lowest BCUT2D eigenvalue weighted by Crippen LogP contribution is -1.95. The van der Waals surface area contributed by atoms with Gasteiger partial charge < -0.3 is 9.47 Å². The van der Waals surface area contributed by atoms with Crippen LogP contribution in [0, 0.1) is 6.92 Å². The van der Waals surface area contributed by atoms with E-state index in [1.165, 1.54) is 5.56 Å². The van der Waals surface area contributed by atoms with E-state index in [0.717, 1.165) is 38.7 Å². The second-order valence-corrected chi connectivity index (χ2v) is 6.12. The van der Waals surface area contributed by atoms with Crippen molar-refractivity contribution in [2.75, 3.05) is 14.2 Å². The van der Waals surface area contributed by atoms with Crippen LogP contribution in [0.5, 0.6) is 11.5 Å². The molecule has 3 rings (SSSR count). The molecule has 0 aliphatic rings. The quantitative estimate of drug-likeness (QED) is 0.656. The average molecular weight is 326 g/mol. The second-order valence-electron chi connectivity index (χ2n) is 5.12. The second kappa shape index (κ2) is 6.87. The van der Waals surface area contributed by atoms with Crippen LogP contribution in [0.4, 0.5) is 0 Å². The Labute approximate surface area is 139 Å². The van der Waals surface area contributed by atoms with Gasteiger partial charge in [-0.1, -0.05) is 6.07 Å². The number of nitrogens with zero attached hydrogens (tertiary/aromatic N) is 2. The lowest BCUT2D eigenvalue weighted by atomic mass is 10.1. The van der Waals surface area contributed by atoms with E-state index >= 15 is 0 Å². The molecule has 118 valence electrons. The standard InChI is InChI=1S/C18H18N2O2S/c1-12-9-16(23-11-13-5-4-8-19-10-13)20-18-15(22-3)7-6-14(21-2)17(12)18/h4-10H,11H2,1-3H3. The number of aryl methyl sites for hydroxylation is 1. The molecular formula is C18H18N2O2S. The first kappa shape index (κ1) is 15.6. The molecule has 0 amide bonds. The van der Waals surface area contributed by atoms with Gasteiger partial charge >= 0.3 is 0 Å². The van der Waals surface area contributed by atoms with Crippen molar-refractivity contribution in [1.29, 1.82) is 0 Å². The summed E-state index contributed by atoms with van der Waals surface area (Å²) in [6.45, 7) is 2.07. The van der Waals surface area contributed by atoms with Gasteiger partial charge in [-0.05, 0) is 42.3 Å². The summed E-state index contributed by atoms with van der Waals surface area (Å²) in [4.78, 5) is 8.91. The molecule has 23 heavy (non-hydrogen) atoms. The maximum absolute atomic E-state index is 5.47. The summed E-state index contributed by atoms with van der Waals surface area (Å²) < 4.78 is 10.9. The predicted octanol–water partition coefficient (Wildman–Crippen LogP) is 4.25. The van der Waals surface area contributed by atoms with Crippen LogP contribution in [0.2, 0.25) is 0 Å². The summed E-state index contributed by atoms with van der Waals surface area (Å²) in [5, 5.41) is 1.96. The first-order valence-electron chi connectivity index (χ1n) is 7.27. The van der Waals surface area contributed by atoms with Crippen molar-refractivity contribution in [2.45, 2.75) is 17.7 Å². The number of rotatable bonds is 5. The highest BCUT2D eigenvalue weighted by molar-refractivity contribution is 7.98. The summed E-state index contributed by atoms with van der Waals surface area (Å²) in [7, 11) is 3.33. The topological polar surface area (TPSA) is 44.2 Å². The van der Waals surface area contributed by atoms with Crippen LogP contribution in [-0.2, 0) is 5.75 Å². The Morgan fingerprint density at radius 2 is 1.87 bits per heavy atom. The summed E-state index contributed by atoms with van der Waals surface area (Å²) in [5.74, 6) is 2.40. The number of fused-ring (bicyclic) bond motifs is 1. The van der Waals surface area contributed by atoms with Crippen LogP contribution in [0.3, 0.4) is 0 Å². The molecule has 0 atom stereocenters. The summed E-state index contributed by atoms with van der Waals surface area (Å²) in [6, 6.07) is 9.91. The first-order valence-corrected chi connectivity index (χ1v) is 8.25. The summed E-state index contributed by atoms with van der Waals surface area (Å²) in [6.07, 6.45) is 3.66. The van der Waals surface area contributed by atoms with Crippen molar-refractivity contribution < 1.29 is 9.47 Å². The predicted molar refractivity (Wildman–Crippen MR) is 93.4 cm³/mol. The SMILES string of the molecule is COc1ccc(OC)c2c(C)cc(SCc3cccnc3)nc12. The van der Waals surface area contributed by atoms with Crippen molar-refractivity contribution in [3.63, 3.8) is 0 Å². The molecule has 3 aromatic rings. The molecule has 2 aromatic heterocycles. The maximum Gasteiger partial charge on any atom is 0.145 e. The Bertz CT molecular complexity index is 822. The van der Waals surface area contributed by atoms with Crippen LogP contribution in [0.1, 0.15) is 11.1 Å². The number of thioether (sulfide) groups is 1. The number of methoxy groups -OCH3 is 2. The van der Waals surface area contributed by atoms with Crippen molar-refractivity contribution in [3.05, 3.63) is 53.9 Å². The summed E-state index contributed by atoms with van der Waals surface area (Å²) >= 11 is 1.69. The Morgan fingerprint density at radius 1 is 1.09 bits per heavy atom. The Balaban J connectivity index is 1.99. The van der Waals surface area contributed by atoms with E-state index in [4.69, 9.17) is 14.5 Å². The van der Waals surface area contributed by atoms with Gasteiger partial charge in [-0.2, -0.15) is 0 Å². The highest BCUT2D eigenvalue weighted by Crippen LogP contribution is 2.36. The molecule has 4 nitrogen and oxygen atoms in total. The highest BCUT2D eigenvalue weighted by atomic mass is 32.2. The molecule has 0 saturated heterocycles. The van der Waals surface area contributed by atoms with E-state index in [9.17, 15) is 0 Å². The molecule has 5 heteroatoms. The van der Waals surface area contributed by atoms with Gasteiger partial charge in [0.15, 0.2) is 0 Å². The molecule has 0 fully saturated rings. The molecule has 0 N–H and O–H groups in total. The molecule has 0 radical (unpaired) electrons. The van der Waals surface area contributed by atoms with Crippen LogP contribution < -0.4 is 9.47 Å². The molecule has 0 bridgehead atoms. The maximum atomic E-state index is 5.47. The van der Waals surface area contributed by atoms with Crippen molar-refractivity contribution in [3.8, 4) is 11.5 Å². The number of hydrogen-bond acceptors (Lipinski definition) is 5. The normalized spacial score (nSPS) is 10.7. The number of benzene rings is 1. The van der Waals surface area contributed by atoms with E-state index in [2.05, 4.69) is 24.0 Å². The minimum absolute atomic E-state index is 0.757. The molecule has 0 unspecified atom stereocenters. The molecule has 0 aliphatic carbocycles. The Kier molecular flexibility index (Phi) is 4.67. The first-order chi connectivity index (χ1) is 11.2. The van der Waals surface area contributed by atoms with Crippen LogP contribution in [0.15, 0.2) is 47.8 Å². The van der Waals surface area contributed by atoms with Gasteiger partial charge in [0.2, 0.25) is 0 Å². The van der Waals surface area contributed by atoms with Gasteiger partial charge in [-0.15, -0.1) is 11.8 Å². The van der Waals surface area contributed by atoms with Gasteiger partial charge in [0, 0.05) is 23.5 Å². The van der Waals surface area contributed by atoms with E-state index in [0.29, 0.717) is 0 Å². The van der Waals surface area contributed by atoms with Gasteiger partial charge in [-0.25, -0.2) is 4.98 Å². The Hall–Kier alpha value is -2.27. The summed E-state index contributed by atoms with van der Waals surface area (Å²) in [5.41, 5.74) is 3.13. The van der Waals surface area contributed by atoms with Crippen molar-refractivity contribution >= 4 is 22.7 Å². The van der Waals surface area contributed by atoms with E-state index in [-0.39, 0.29) is 0 Å². The van der Waals surface area contributed by atoms with Gasteiger partial charge in [0.1, 0.15) is 17.0 Å². The number of ether oxygens (including phenoxy) is 2. The zero-order valence-corrected chi connectivity index (χ0v) is 14.2. The number of pyridine rings is 2. The lowest BCUT2D eigenvalue weighted by molar-refractivity contribution is 0.409. The third-order valence-electron chi connectivity index (χ3n) is 3.61. The molecular weight excluding hydrogens is 308 g/mol. The van der Waals surface area contributed by atoms with E-state index in [1.54, 1.807) is 32.2 Å². The van der Waals surface area contributed by atoms with Crippen molar-refractivity contribution in [1.82, 2.24) is 9.97 Å². The number of hydrogen-bond donors (Lipinski definition) is 0. The smallest absolute Gasteiger partial charge is 0.145 e. The third kappa shape index (κ3) is 3.24. The van der Waals surface area contributed by atoms with Crippen LogP contribution in [-0.4, -0.2) is 24.2 Å². The lowest BCUT2D eigenvalue weighted by Gasteiger charge is -2.13. The monoisotopic (exact) mass is 326 g/mol. The fourth-order valence-corrected chi connectivity index (χ4v) is 3.40. The Morgan fingerprint density at radius 3 is 2.57 bits per heavy atom. The van der Waals surface area contributed by atoms with E-state index in [1.807, 2.05) is 24.4 Å². The van der Waals surface area contributed by atoms with Crippen molar-refractivity contribution in [2.24, 2.45) is 0 Å². The molecule has 0 spiro atoms. The molecule has 0 saturated carbocycles. The minimum Gasteiger partial charge on any atom is -0.496 e. The molecule has 1 aromatic carbocycles. The van der Waals surface area contributed by atoms with Gasteiger partial charge in [0.05, 0.1) is 19.2 Å². The molecule has 0 aliphatic heterocycles. The zero-order chi connectivity index (χ0) is 16.2. The largest absolute Gasteiger partial charge is 0.496 e. The van der Waals surface area contributed by atoms with Crippen LogP contribution >= 0.6 is 11.8 Å². The average Bonchev–Trinajstić information content (AvgIpc) is 2.60. The van der Waals surface area contributed by atoms with Gasteiger partial charge in [-0.3, -0.25) is 4.98 Å². The highest BCUT2D eigenvalue weighted by Gasteiger charge is 2.13. The van der Waals surface area contributed by atoms with Crippen LogP contribution in [0.25, 0.3) is 10.9 Å². The van der Waals surface area contributed by atoms with E-state index < -0.39 is 0 Å². The molecule has 2 heterocycles. The minimum atomic E-state index is 0.757. The number of aromatic nitrogens is 2. The zero-order valence-electron chi connectivity index (χ0n) is 13.4. The fraction of sp³-hybridized carbons (Fsp3) is 0.222. The fourth-order valence-electron chi connectivity index (χ4n) is 2.50.